The van der Waals surface area contributed by atoms with E-state index < -0.39 is 5.91 Å². The van der Waals surface area contributed by atoms with Crippen LogP contribution < -0.4 is 22.3 Å². The molecule has 14 heavy (non-hydrogen) atoms. The molecule has 0 saturated heterocycles. The number of nitrogens with zero attached hydrogens (tertiary/aromatic N) is 2. The average molecular weight is 212 g/mol. The first-order chi connectivity index (χ1) is 6.61. The van der Waals surface area contributed by atoms with Gasteiger partial charge in [-0.25, -0.2) is 9.97 Å². The van der Waals surface area contributed by atoms with E-state index in [1.54, 1.807) is 0 Å². The molecule has 1 amide bonds. The lowest BCUT2D eigenvalue weighted by Gasteiger charge is -2.06. The largest absolute Gasteiger partial charge is 0.382 e. The third kappa shape index (κ3) is 2.52. The molecule has 0 saturated carbocycles. The fourth-order valence-electron chi connectivity index (χ4n) is 0.701. The molecule has 0 fully saturated rings. The number of nitrogens with one attached hydrogen (secondary N) is 2. The summed E-state index contributed by atoms with van der Waals surface area (Å²) < 4.78 is 0. The Morgan fingerprint density at radius 1 is 1.36 bits per heavy atom. The van der Waals surface area contributed by atoms with Gasteiger partial charge in [-0.15, -0.1) is 0 Å². The maximum Gasteiger partial charge on any atom is 0.292 e. The van der Waals surface area contributed by atoms with Crippen LogP contribution >= 0.6 is 12.2 Å². The van der Waals surface area contributed by atoms with Gasteiger partial charge < -0.3 is 11.5 Å². The van der Waals surface area contributed by atoms with Crippen LogP contribution in [0, 0.1) is 0 Å². The SMILES string of the molecule is NC(=S)NNC(=O)c1nccnc1N. The van der Waals surface area contributed by atoms with Crippen LogP contribution in [0.1, 0.15) is 10.5 Å². The van der Waals surface area contributed by atoms with E-state index in [0.29, 0.717) is 0 Å². The Labute approximate surface area is 84.9 Å². The molecule has 0 aliphatic carbocycles. The van der Waals surface area contributed by atoms with Crippen LogP contribution in [-0.2, 0) is 0 Å². The number of nitrogens with two attached hydrogens (primary N) is 2. The summed E-state index contributed by atoms with van der Waals surface area (Å²) in [5.74, 6) is -0.516. The molecular weight excluding hydrogens is 204 g/mol. The molecule has 0 unspecified atom stereocenters. The lowest BCUT2D eigenvalue weighted by molar-refractivity contribution is 0.0939. The standard InChI is InChI=1S/C6H8N6OS/c7-4-3(9-1-2-10-4)5(13)11-12-6(8)14/h1-2H,(H2,7,10)(H,11,13)(H3,8,12,14). The molecule has 0 aliphatic heterocycles. The highest BCUT2D eigenvalue weighted by molar-refractivity contribution is 7.80. The first-order valence-corrected chi connectivity index (χ1v) is 3.94. The molecule has 1 aromatic rings. The first kappa shape index (κ1) is 10.1. The van der Waals surface area contributed by atoms with Crippen molar-refractivity contribution >= 4 is 29.1 Å². The summed E-state index contributed by atoms with van der Waals surface area (Å²) in [7, 11) is 0. The second-order valence-electron chi connectivity index (χ2n) is 2.23. The molecule has 1 heterocycles. The van der Waals surface area contributed by atoms with Crippen molar-refractivity contribution in [2.45, 2.75) is 0 Å². The van der Waals surface area contributed by atoms with Gasteiger partial charge >= 0.3 is 0 Å². The molecule has 0 aromatic carbocycles. The number of aromatic nitrogens is 2. The zero-order valence-electron chi connectivity index (χ0n) is 7.02. The summed E-state index contributed by atoms with van der Waals surface area (Å²) in [6, 6.07) is 0. The molecule has 0 radical (unpaired) electrons. The minimum absolute atomic E-state index is 0.0104. The minimum Gasteiger partial charge on any atom is -0.382 e. The van der Waals surface area contributed by atoms with Crippen molar-refractivity contribution in [3.8, 4) is 0 Å². The van der Waals surface area contributed by atoms with Crippen LogP contribution in [0.3, 0.4) is 0 Å². The number of hydrazine groups is 1. The molecule has 0 aliphatic rings. The molecule has 0 bridgehead atoms. The van der Waals surface area contributed by atoms with Crippen LogP contribution in [0.15, 0.2) is 12.4 Å². The monoisotopic (exact) mass is 212 g/mol. The molecule has 7 nitrogen and oxygen atoms in total. The molecule has 1 rings (SSSR count). The Morgan fingerprint density at radius 2 is 2.00 bits per heavy atom. The molecular formula is C6H8N6OS. The van der Waals surface area contributed by atoms with E-state index in [4.69, 9.17) is 11.5 Å². The Bertz CT molecular complexity index is 367. The van der Waals surface area contributed by atoms with Gasteiger partial charge in [0.05, 0.1) is 0 Å². The number of hydrogen-bond donors (Lipinski definition) is 4. The number of rotatable bonds is 1. The predicted molar refractivity (Wildman–Crippen MR) is 53.8 cm³/mol. The van der Waals surface area contributed by atoms with Gasteiger partial charge in [0.15, 0.2) is 16.6 Å². The second-order valence-corrected chi connectivity index (χ2v) is 2.67. The smallest absolute Gasteiger partial charge is 0.292 e. The summed E-state index contributed by atoms with van der Waals surface area (Å²) >= 11 is 4.48. The van der Waals surface area contributed by atoms with Gasteiger partial charge in [-0.1, -0.05) is 0 Å². The molecule has 6 N–H and O–H groups in total. The molecule has 0 spiro atoms. The van der Waals surface area contributed by atoms with Crippen molar-refractivity contribution in [2.75, 3.05) is 5.73 Å². The van der Waals surface area contributed by atoms with Crippen molar-refractivity contribution in [2.24, 2.45) is 5.73 Å². The van der Waals surface area contributed by atoms with E-state index in [9.17, 15) is 4.79 Å². The molecule has 8 heteroatoms. The fourth-order valence-corrected chi connectivity index (χ4v) is 0.752. The molecule has 74 valence electrons. The van der Waals surface area contributed by atoms with Gasteiger partial charge in [-0.05, 0) is 12.2 Å². The van der Waals surface area contributed by atoms with Crippen LogP contribution in [-0.4, -0.2) is 21.0 Å². The van der Waals surface area contributed by atoms with Gasteiger partial charge in [0.2, 0.25) is 0 Å². The van der Waals surface area contributed by atoms with Crippen molar-refractivity contribution in [1.82, 2.24) is 20.8 Å². The van der Waals surface area contributed by atoms with E-state index in [1.807, 2.05) is 0 Å². The van der Waals surface area contributed by atoms with E-state index in [2.05, 4.69) is 33.0 Å². The zero-order valence-corrected chi connectivity index (χ0v) is 7.84. The number of hydrogen-bond acceptors (Lipinski definition) is 5. The third-order valence-electron chi connectivity index (χ3n) is 1.24. The highest BCUT2D eigenvalue weighted by Crippen LogP contribution is 2.00. The summed E-state index contributed by atoms with van der Waals surface area (Å²) in [6.45, 7) is 0. The van der Waals surface area contributed by atoms with E-state index in [0.717, 1.165) is 0 Å². The van der Waals surface area contributed by atoms with Gasteiger partial charge in [0, 0.05) is 12.4 Å². The van der Waals surface area contributed by atoms with Crippen molar-refractivity contribution in [3.63, 3.8) is 0 Å². The third-order valence-corrected chi connectivity index (χ3v) is 1.34. The van der Waals surface area contributed by atoms with Gasteiger partial charge in [-0.2, -0.15) is 0 Å². The van der Waals surface area contributed by atoms with Crippen LogP contribution in [0.5, 0.6) is 0 Å². The number of amides is 1. The zero-order chi connectivity index (χ0) is 10.6. The van der Waals surface area contributed by atoms with E-state index in [-0.39, 0.29) is 16.6 Å². The summed E-state index contributed by atoms with van der Waals surface area (Å²) in [5, 5.41) is -0.0548. The highest BCUT2D eigenvalue weighted by Gasteiger charge is 2.10. The van der Waals surface area contributed by atoms with E-state index >= 15 is 0 Å². The normalized spacial score (nSPS) is 9.14. The average Bonchev–Trinajstić information content (AvgIpc) is 2.15. The fraction of sp³-hybridized carbons (Fsp3) is 0. The van der Waals surface area contributed by atoms with Crippen LogP contribution in [0.2, 0.25) is 0 Å². The van der Waals surface area contributed by atoms with E-state index in [1.165, 1.54) is 12.4 Å². The van der Waals surface area contributed by atoms with Gasteiger partial charge in [0.1, 0.15) is 0 Å². The highest BCUT2D eigenvalue weighted by atomic mass is 32.1. The minimum atomic E-state index is -0.552. The summed E-state index contributed by atoms with van der Waals surface area (Å²) in [6.07, 6.45) is 2.74. The predicted octanol–water partition coefficient (Wildman–Crippen LogP) is -1.46. The second kappa shape index (κ2) is 4.33. The number of carbonyl (C=O) groups excluding carboxylic acids is 1. The van der Waals surface area contributed by atoms with Crippen LogP contribution in [0.25, 0.3) is 0 Å². The summed E-state index contributed by atoms with van der Waals surface area (Å²) in [4.78, 5) is 18.7. The first-order valence-electron chi connectivity index (χ1n) is 3.53. The van der Waals surface area contributed by atoms with Gasteiger partial charge in [0.25, 0.3) is 5.91 Å². The van der Waals surface area contributed by atoms with Gasteiger partial charge in [-0.3, -0.25) is 15.6 Å². The Hall–Kier alpha value is -1.96. The van der Waals surface area contributed by atoms with Crippen LogP contribution in [0.4, 0.5) is 5.82 Å². The van der Waals surface area contributed by atoms with Crippen molar-refractivity contribution in [1.29, 1.82) is 0 Å². The lowest BCUT2D eigenvalue weighted by atomic mass is 10.4. The van der Waals surface area contributed by atoms with Crippen molar-refractivity contribution in [3.05, 3.63) is 18.1 Å². The Morgan fingerprint density at radius 3 is 2.57 bits per heavy atom. The number of thiocarbonyl (C=S) groups is 1. The van der Waals surface area contributed by atoms with Crippen molar-refractivity contribution < 1.29 is 4.79 Å². The lowest BCUT2D eigenvalue weighted by Crippen LogP contribution is -2.44. The summed E-state index contributed by atoms with van der Waals surface area (Å²) in [5.41, 5.74) is 15.0. The quantitative estimate of drug-likeness (QED) is 0.331. The molecule has 1 aromatic heterocycles. The Kier molecular flexibility index (Phi) is 3.13. The molecule has 0 atom stereocenters. The topological polar surface area (TPSA) is 119 Å². The number of nitrogen functional groups attached to an aromatic ring is 1. The maximum absolute atomic E-state index is 11.3. The number of carbonyl (C=O) groups is 1. The Balaban J connectivity index is 2.70. The number of anilines is 1. The maximum atomic E-state index is 11.3.